The lowest BCUT2D eigenvalue weighted by atomic mass is 10.1. The second kappa shape index (κ2) is 5.40. The van der Waals surface area contributed by atoms with E-state index in [1.807, 2.05) is 38.2 Å². The molecule has 1 amide bonds. The van der Waals surface area contributed by atoms with Gasteiger partial charge in [0, 0.05) is 6.54 Å². The number of hydrogen-bond donors (Lipinski definition) is 2. The number of benzene rings is 1. The Balaban J connectivity index is 2.07. The van der Waals surface area contributed by atoms with Gasteiger partial charge in [-0.3, -0.25) is 4.79 Å². The normalized spacial score (nSPS) is 16.1. The van der Waals surface area contributed by atoms with Crippen LogP contribution in [0.25, 0.3) is 0 Å². The van der Waals surface area contributed by atoms with Crippen LogP contribution in [0.3, 0.4) is 0 Å². The van der Waals surface area contributed by atoms with Crippen molar-refractivity contribution in [3.8, 4) is 5.75 Å². The largest absolute Gasteiger partial charge is 0.492 e. The second-order valence-corrected chi connectivity index (χ2v) is 4.69. The van der Waals surface area contributed by atoms with E-state index in [0.29, 0.717) is 6.61 Å². The zero-order valence-corrected chi connectivity index (χ0v) is 11.0. The van der Waals surface area contributed by atoms with Crippen LogP contribution in [0.2, 0.25) is 0 Å². The highest BCUT2D eigenvalue weighted by molar-refractivity contribution is 5.98. The summed E-state index contributed by atoms with van der Waals surface area (Å²) in [6.45, 7) is 3.26. The van der Waals surface area contributed by atoms with Crippen LogP contribution in [0, 0.1) is 5.41 Å². The van der Waals surface area contributed by atoms with Gasteiger partial charge >= 0.3 is 0 Å². The molecule has 0 saturated heterocycles. The van der Waals surface area contributed by atoms with E-state index in [0.717, 1.165) is 30.8 Å². The summed E-state index contributed by atoms with van der Waals surface area (Å²) in [5.41, 5.74) is 0.542. The third-order valence-corrected chi connectivity index (χ3v) is 3.29. The molecule has 0 heterocycles. The number of ether oxygens (including phenoxy) is 1. The summed E-state index contributed by atoms with van der Waals surface area (Å²) in [6.07, 6.45) is 1.91. The van der Waals surface area contributed by atoms with Gasteiger partial charge in [0.1, 0.15) is 5.75 Å². The summed E-state index contributed by atoms with van der Waals surface area (Å²) in [4.78, 5) is 12.2. The van der Waals surface area contributed by atoms with E-state index in [-0.39, 0.29) is 11.3 Å². The molecule has 0 spiro atoms. The topological polar surface area (TPSA) is 50.4 Å². The lowest BCUT2D eigenvalue weighted by molar-refractivity contribution is -0.121. The lowest BCUT2D eigenvalue weighted by Gasteiger charge is -2.16. The molecule has 0 aromatic heterocycles. The van der Waals surface area contributed by atoms with Crippen molar-refractivity contribution in [2.45, 2.75) is 19.8 Å². The zero-order valence-electron chi connectivity index (χ0n) is 11.0. The number of rotatable bonds is 6. The first-order valence-corrected chi connectivity index (χ1v) is 6.40. The third kappa shape index (κ3) is 2.64. The van der Waals surface area contributed by atoms with Crippen molar-refractivity contribution in [2.24, 2.45) is 5.41 Å². The fourth-order valence-electron chi connectivity index (χ4n) is 2.08. The van der Waals surface area contributed by atoms with Gasteiger partial charge in [-0.05, 0) is 38.9 Å². The molecule has 1 aromatic carbocycles. The Morgan fingerprint density at radius 2 is 2.11 bits per heavy atom. The van der Waals surface area contributed by atoms with Crippen molar-refractivity contribution in [3.05, 3.63) is 24.3 Å². The first-order chi connectivity index (χ1) is 8.72. The van der Waals surface area contributed by atoms with E-state index in [1.165, 1.54) is 0 Å². The van der Waals surface area contributed by atoms with Gasteiger partial charge in [0.2, 0.25) is 5.91 Å². The summed E-state index contributed by atoms with van der Waals surface area (Å²) in [5, 5.41) is 6.06. The van der Waals surface area contributed by atoms with E-state index in [1.54, 1.807) is 0 Å². The average molecular weight is 248 g/mol. The SMILES string of the molecule is CCOc1ccccc1NC(=O)C1(CNC)CC1. The highest BCUT2D eigenvalue weighted by atomic mass is 16.5. The Morgan fingerprint density at radius 1 is 1.39 bits per heavy atom. The van der Waals surface area contributed by atoms with Gasteiger partial charge in [0.05, 0.1) is 17.7 Å². The molecule has 0 bridgehead atoms. The maximum Gasteiger partial charge on any atom is 0.231 e. The number of anilines is 1. The third-order valence-electron chi connectivity index (χ3n) is 3.29. The van der Waals surface area contributed by atoms with E-state index in [4.69, 9.17) is 4.74 Å². The number of nitrogens with one attached hydrogen (secondary N) is 2. The van der Waals surface area contributed by atoms with Crippen molar-refractivity contribution in [1.82, 2.24) is 5.32 Å². The van der Waals surface area contributed by atoms with Crippen LogP contribution in [0.4, 0.5) is 5.69 Å². The minimum atomic E-state index is -0.214. The Labute approximate surface area is 108 Å². The average Bonchev–Trinajstić information content (AvgIpc) is 3.13. The molecule has 2 N–H and O–H groups in total. The van der Waals surface area contributed by atoms with Gasteiger partial charge < -0.3 is 15.4 Å². The molecular weight excluding hydrogens is 228 g/mol. The number of hydrogen-bond acceptors (Lipinski definition) is 3. The molecule has 2 rings (SSSR count). The zero-order chi connectivity index (χ0) is 13.0. The van der Waals surface area contributed by atoms with E-state index in [9.17, 15) is 4.79 Å². The molecule has 18 heavy (non-hydrogen) atoms. The van der Waals surface area contributed by atoms with E-state index < -0.39 is 0 Å². The van der Waals surface area contributed by atoms with Crippen molar-refractivity contribution in [2.75, 3.05) is 25.5 Å². The van der Waals surface area contributed by atoms with Gasteiger partial charge in [-0.15, -0.1) is 0 Å². The van der Waals surface area contributed by atoms with Crippen molar-refractivity contribution in [1.29, 1.82) is 0 Å². The van der Waals surface area contributed by atoms with Gasteiger partial charge in [-0.25, -0.2) is 0 Å². The number of amides is 1. The molecule has 1 saturated carbocycles. The quantitative estimate of drug-likeness (QED) is 0.810. The monoisotopic (exact) mass is 248 g/mol. The molecule has 4 heteroatoms. The van der Waals surface area contributed by atoms with Gasteiger partial charge in [0.25, 0.3) is 0 Å². The van der Waals surface area contributed by atoms with Crippen LogP contribution in [0.1, 0.15) is 19.8 Å². The summed E-state index contributed by atoms with van der Waals surface area (Å²) in [7, 11) is 1.88. The van der Waals surface area contributed by atoms with Crippen LogP contribution < -0.4 is 15.4 Å². The Kier molecular flexibility index (Phi) is 3.87. The molecule has 0 unspecified atom stereocenters. The molecule has 0 atom stereocenters. The molecule has 0 radical (unpaired) electrons. The molecule has 1 aliphatic carbocycles. The van der Waals surface area contributed by atoms with Gasteiger partial charge in [-0.2, -0.15) is 0 Å². The van der Waals surface area contributed by atoms with Crippen LogP contribution in [0.5, 0.6) is 5.75 Å². The fourth-order valence-corrected chi connectivity index (χ4v) is 2.08. The standard InChI is InChI=1S/C14H20N2O2/c1-3-18-12-7-5-4-6-11(12)16-13(17)14(8-9-14)10-15-2/h4-7,15H,3,8-10H2,1-2H3,(H,16,17). The summed E-state index contributed by atoms with van der Waals surface area (Å²) in [5.74, 6) is 0.817. The predicted octanol–water partition coefficient (Wildman–Crippen LogP) is 2.02. The minimum absolute atomic E-state index is 0.0870. The first-order valence-electron chi connectivity index (χ1n) is 6.40. The molecule has 4 nitrogen and oxygen atoms in total. The van der Waals surface area contributed by atoms with Crippen molar-refractivity contribution >= 4 is 11.6 Å². The van der Waals surface area contributed by atoms with Crippen LogP contribution in [0.15, 0.2) is 24.3 Å². The summed E-state index contributed by atoms with van der Waals surface area (Å²) < 4.78 is 5.50. The fraction of sp³-hybridized carbons (Fsp3) is 0.500. The van der Waals surface area contributed by atoms with Crippen LogP contribution in [-0.4, -0.2) is 26.1 Å². The van der Waals surface area contributed by atoms with Gasteiger partial charge in [0.15, 0.2) is 0 Å². The van der Waals surface area contributed by atoms with Gasteiger partial charge in [-0.1, -0.05) is 12.1 Å². The summed E-state index contributed by atoms with van der Waals surface area (Å²) >= 11 is 0. The molecular formula is C14H20N2O2. The number of para-hydroxylation sites is 2. The highest BCUT2D eigenvalue weighted by Gasteiger charge is 2.49. The predicted molar refractivity (Wildman–Crippen MR) is 71.8 cm³/mol. The molecule has 0 aliphatic heterocycles. The van der Waals surface area contributed by atoms with E-state index >= 15 is 0 Å². The highest BCUT2D eigenvalue weighted by Crippen LogP contribution is 2.46. The van der Waals surface area contributed by atoms with Crippen molar-refractivity contribution < 1.29 is 9.53 Å². The Bertz CT molecular complexity index is 428. The van der Waals surface area contributed by atoms with Crippen LogP contribution in [-0.2, 0) is 4.79 Å². The minimum Gasteiger partial charge on any atom is -0.492 e. The van der Waals surface area contributed by atoms with Crippen molar-refractivity contribution in [3.63, 3.8) is 0 Å². The van der Waals surface area contributed by atoms with E-state index in [2.05, 4.69) is 10.6 Å². The Hall–Kier alpha value is -1.55. The lowest BCUT2D eigenvalue weighted by Crippen LogP contribution is -2.32. The van der Waals surface area contributed by atoms with Crippen LogP contribution >= 0.6 is 0 Å². The maximum atomic E-state index is 12.2. The molecule has 98 valence electrons. The maximum absolute atomic E-state index is 12.2. The molecule has 1 aliphatic rings. The molecule has 1 aromatic rings. The Morgan fingerprint density at radius 3 is 2.72 bits per heavy atom. The number of carbonyl (C=O) groups is 1. The number of carbonyl (C=O) groups excluding carboxylic acids is 1. The smallest absolute Gasteiger partial charge is 0.231 e. The second-order valence-electron chi connectivity index (χ2n) is 4.69. The first kappa shape index (κ1) is 12.9. The molecule has 1 fully saturated rings. The summed E-state index contributed by atoms with van der Waals surface area (Å²) in [6, 6.07) is 7.55.